The van der Waals surface area contributed by atoms with E-state index in [1.54, 1.807) is 42.6 Å². The first-order chi connectivity index (χ1) is 9.52. The van der Waals surface area contributed by atoms with Gasteiger partial charge in [0.25, 0.3) is 10.0 Å². The summed E-state index contributed by atoms with van der Waals surface area (Å²) in [4.78, 5) is 0. The van der Waals surface area contributed by atoms with Crippen LogP contribution in [0.2, 0.25) is 5.02 Å². The fourth-order valence-corrected chi connectivity index (χ4v) is 5.00. The van der Waals surface area contributed by atoms with E-state index < -0.39 is 10.0 Å². The van der Waals surface area contributed by atoms with Crippen LogP contribution in [0.15, 0.2) is 39.9 Å². The van der Waals surface area contributed by atoms with Gasteiger partial charge in [-0.3, -0.25) is 4.31 Å². The Morgan fingerprint density at radius 1 is 1.30 bits per heavy atom. The second kappa shape index (κ2) is 6.03. The van der Waals surface area contributed by atoms with Crippen molar-refractivity contribution >= 4 is 38.6 Å². The topological polar surface area (TPSA) is 46.6 Å². The number of para-hydroxylation sites is 1. The van der Waals surface area contributed by atoms with Crippen molar-refractivity contribution in [2.75, 3.05) is 18.0 Å². The molecule has 0 saturated carbocycles. The Morgan fingerprint density at radius 3 is 2.60 bits per heavy atom. The SMILES string of the molecule is CCN(c1ccccc1Cl)S(=O)(=O)c1sccc1OC. The Labute approximate surface area is 127 Å². The summed E-state index contributed by atoms with van der Waals surface area (Å²) in [5.41, 5.74) is 0.465. The molecule has 0 aliphatic rings. The van der Waals surface area contributed by atoms with Crippen LogP contribution in [0.25, 0.3) is 0 Å². The van der Waals surface area contributed by atoms with Gasteiger partial charge in [-0.15, -0.1) is 11.3 Å². The van der Waals surface area contributed by atoms with Crippen LogP contribution in [0, 0.1) is 0 Å². The molecular formula is C13H14ClNO3S2. The van der Waals surface area contributed by atoms with Crippen LogP contribution in [0.5, 0.6) is 5.75 Å². The average molecular weight is 332 g/mol. The molecule has 1 heterocycles. The second-order valence-electron chi connectivity index (χ2n) is 3.90. The van der Waals surface area contributed by atoms with Gasteiger partial charge in [0.2, 0.25) is 0 Å². The van der Waals surface area contributed by atoms with Crippen LogP contribution in [0.1, 0.15) is 6.92 Å². The highest BCUT2D eigenvalue weighted by Crippen LogP contribution is 2.36. The van der Waals surface area contributed by atoms with Gasteiger partial charge in [0.1, 0.15) is 5.75 Å². The molecule has 0 amide bonds. The molecule has 0 aliphatic heterocycles. The predicted molar refractivity (Wildman–Crippen MR) is 82.5 cm³/mol. The maximum Gasteiger partial charge on any atom is 0.277 e. The summed E-state index contributed by atoms with van der Waals surface area (Å²) < 4.78 is 32.1. The minimum Gasteiger partial charge on any atom is -0.494 e. The van der Waals surface area contributed by atoms with Crippen LogP contribution in [-0.2, 0) is 10.0 Å². The van der Waals surface area contributed by atoms with Crippen molar-refractivity contribution in [3.8, 4) is 5.75 Å². The number of hydrogen-bond donors (Lipinski definition) is 0. The fourth-order valence-electron chi connectivity index (χ4n) is 1.85. The molecule has 0 unspecified atom stereocenters. The maximum atomic E-state index is 12.8. The van der Waals surface area contributed by atoms with Crippen molar-refractivity contribution in [1.82, 2.24) is 0 Å². The van der Waals surface area contributed by atoms with Gasteiger partial charge in [0.05, 0.1) is 17.8 Å². The largest absolute Gasteiger partial charge is 0.494 e. The van der Waals surface area contributed by atoms with E-state index in [4.69, 9.17) is 16.3 Å². The minimum absolute atomic E-state index is 0.182. The molecule has 0 saturated heterocycles. The highest BCUT2D eigenvalue weighted by molar-refractivity contribution is 7.94. The van der Waals surface area contributed by atoms with E-state index in [9.17, 15) is 8.42 Å². The first-order valence-corrected chi connectivity index (χ1v) is 8.61. The summed E-state index contributed by atoms with van der Waals surface area (Å²) in [6.07, 6.45) is 0. The van der Waals surface area contributed by atoms with Gasteiger partial charge in [-0.1, -0.05) is 23.7 Å². The molecule has 108 valence electrons. The highest BCUT2D eigenvalue weighted by Gasteiger charge is 2.29. The molecule has 2 rings (SSSR count). The average Bonchev–Trinajstić information content (AvgIpc) is 2.90. The van der Waals surface area contributed by atoms with Gasteiger partial charge in [-0.25, -0.2) is 8.42 Å². The van der Waals surface area contributed by atoms with Gasteiger partial charge in [0, 0.05) is 6.54 Å². The van der Waals surface area contributed by atoms with Crippen LogP contribution < -0.4 is 9.04 Å². The van der Waals surface area contributed by atoms with Crippen LogP contribution in [0.4, 0.5) is 5.69 Å². The molecule has 1 aromatic carbocycles. The number of thiophene rings is 1. The molecule has 0 spiro atoms. The number of sulfonamides is 1. The third-order valence-electron chi connectivity index (χ3n) is 2.75. The minimum atomic E-state index is -3.68. The molecule has 4 nitrogen and oxygen atoms in total. The van der Waals surface area contributed by atoms with Crippen LogP contribution in [-0.4, -0.2) is 22.1 Å². The van der Waals surface area contributed by atoms with Crippen molar-refractivity contribution in [3.63, 3.8) is 0 Å². The van der Waals surface area contributed by atoms with Crippen molar-refractivity contribution in [2.45, 2.75) is 11.1 Å². The molecular weight excluding hydrogens is 318 g/mol. The number of halogens is 1. The third-order valence-corrected chi connectivity index (χ3v) is 6.38. The Morgan fingerprint density at radius 2 is 2.00 bits per heavy atom. The molecule has 0 radical (unpaired) electrons. The summed E-state index contributed by atoms with van der Waals surface area (Å²) in [6, 6.07) is 8.51. The van der Waals surface area contributed by atoms with Crippen LogP contribution >= 0.6 is 22.9 Å². The third kappa shape index (κ3) is 2.63. The number of hydrogen-bond acceptors (Lipinski definition) is 4. The lowest BCUT2D eigenvalue weighted by molar-refractivity contribution is 0.406. The lowest BCUT2D eigenvalue weighted by Crippen LogP contribution is -2.30. The quantitative estimate of drug-likeness (QED) is 0.840. The van der Waals surface area contributed by atoms with Crippen LogP contribution in [0.3, 0.4) is 0 Å². The summed E-state index contributed by atoms with van der Waals surface area (Å²) >= 11 is 7.23. The van der Waals surface area contributed by atoms with Gasteiger partial charge >= 0.3 is 0 Å². The molecule has 0 bridgehead atoms. The second-order valence-corrected chi connectivity index (χ2v) is 7.28. The molecule has 0 fully saturated rings. The van der Waals surface area contributed by atoms with E-state index in [2.05, 4.69) is 0 Å². The highest BCUT2D eigenvalue weighted by atomic mass is 35.5. The predicted octanol–water partition coefficient (Wildman–Crippen LogP) is 3.63. The normalized spacial score (nSPS) is 11.3. The number of ether oxygens (including phenoxy) is 1. The summed E-state index contributed by atoms with van der Waals surface area (Å²) in [6.45, 7) is 2.05. The molecule has 0 aliphatic carbocycles. The summed E-state index contributed by atoms with van der Waals surface area (Å²) in [5, 5.41) is 2.08. The number of rotatable bonds is 5. The van der Waals surface area contributed by atoms with E-state index >= 15 is 0 Å². The van der Waals surface area contributed by atoms with Crippen molar-refractivity contribution < 1.29 is 13.2 Å². The zero-order chi connectivity index (χ0) is 14.8. The smallest absolute Gasteiger partial charge is 0.277 e. The Bertz CT molecular complexity index is 697. The molecule has 2 aromatic rings. The lowest BCUT2D eigenvalue weighted by Gasteiger charge is -2.23. The Hall–Kier alpha value is -1.24. The maximum absolute atomic E-state index is 12.8. The molecule has 0 atom stereocenters. The first-order valence-electron chi connectivity index (χ1n) is 5.91. The zero-order valence-electron chi connectivity index (χ0n) is 11.0. The van der Waals surface area contributed by atoms with E-state index in [1.165, 1.54) is 11.4 Å². The van der Waals surface area contributed by atoms with Gasteiger partial charge in [0.15, 0.2) is 4.21 Å². The molecule has 0 N–H and O–H groups in total. The Kier molecular flexibility index (Phi) is 4.57. The monoisotopic (exact) mass is 331 g/mol. The van der Waals surface area contributed by atoms with Gasteiger partial charge < -0.3 is 4.74 Å². The van der Waals surface area contributed by atoms with E-state index in [-0.39, 0.29) is 10.8 Å². The van der Waals surface area contributed by atoms with Crippen molar-refractivity contribution in [3.05, 3.63) is 40.7 Å². The summed E-state index contributed by atoms with van der Waals surface area (Å²) in [5.74, 6) is 0.348. The summed E-state index contributed by atoms with van der Waals surface area (Å²) in [7, 11) is -2.23. The Balaban J connectivity index is 2.54. The van der Waals surface area contributed by atoms with E-state index in [1.807, 2.05) is 0 Å². The van der Waals surface area contributed by atoms with E-state index in [0.717, 1.165) is 11.3 Å². The first kappa shape index (κ1) is 15.2. The molecule has 20 heavy (non-hydrogen) atoms. The molecule has 7 heteroatoms. The number of nitrogens with zero attached hydrogens (tertiary/aromatic N) is 1. The van der Waals surface area contributed by atoms with Gasteiger partial charge in [-0.2, -0.15) is 0 Å². The van der Waals surface area contributed by atoms with Crippen molar-refractivity contribution in [2.24, 2.45) is 0 Å². The molecule has 1 aromatic heterocycles. The lowest BCUT2D eigenvalue weighted by atomic mass is 10.3. The van der Waals surface area contributed by atoms with Crippen molar-refractivity contribution in [1.29, 1.82) is 0 Å². The fraction of sp³-hybridized carbons (Fsp3) is 0.231. The standard InChI is InChI=1S/C13H14ClNO3S2/c1-3-15(11-7-5-4-6-10(11)14)20(16,17)13-12(18-2)8-9-19-13/h4-9H,3H2,1-2H3. The number of benzene rings is 1. The van der Waals surface area contributed by atoms with Gasteiger partial charge in [-0.05, 0) is 30.5 Å². The zero-order valence-corrected chi connectivity index (χ0v) is 13.4. The van der Waals surface area contributed by atoms with E-state index in [0.29, 0.717) is 16.5 Å². The number of anilines is 1. The number of methoxy groups -OCH3 is 1.